The van der Waals surface area contributed by atoms with E-state index in [0.717, 1.165) is 36.3 Å². The third-order valence-corrected chi connectivity index (χ3v) is 5.82. The van der Waals surface area contributed by atoms with Gasteiger partial charge in [0.05, 0.1) is 26.0 Å². The summed E-state index contributed by atoms with van der Waals surface area (Å²) in [4.78, 5) is 13.4. The molecule has 2 aromatic carbocycles. The number of methoxy groups -OCH3 is 2. The molecule has 0 aliphatic heterocycles. The molecule has 0 atom stereocenters. The molecular weight excluding hydrogens is 388 g/mol. The van der Waals surface area contributed by atoms with Crippen molar-refractivity contribution in [2.75, 3.05) is 25.8 Å². The number of hydrogen-bond acceptors (Lipinski definition) is 5. The first-order valence-electron chi connectivity index (χ1n) is 9.72. The summed E-state index contributed by atoms with van der Waals surface area (Å²) in [5.41, 5.74) is 0.833. The van der Waals surface area contributed by atoms with Gasteiger partial charge in [-0.15, -0.1) is 11.8 Å². The predicted molar refractivity (Wildman–Crippen MR) is 117 cm³/mol. The molecule has 0 bridgehead atoms. The van der Waals surface area contributed by atoms with Crippen LogP contribution < -0.4 is 24.8 Å². The number of benzene rings is 2. The quantitative estimate of drug-likeness (QED) is 0.626. The Hall–Kier alpha value is -2.54. The van der Waals surface area contributed by atoms with Crippen LogP contribution in [0.15, 0.2) is 47.4 Å². The Morgan fingerprint density at radius 3 is 2.38 bits per heavy atom. The summed E-state index contributed by atoms with van der Waals surface area (Å²) < 4.78 is 16.9. The summed E-state index contributed by atoms with van der Waals surface area (Å²) in [5.74, 6) is 1.96. The number of thioether (sulfide) groups is 1. The lowest BCUT2D eigenvalue weighted by molar-refractivity contribution is 0.136. The number of ether oxygens (including phenoxy) is 3. The molecule has 7 heteroatoms. The van der Waals surface area contributed by atoms with Crippen LogP contribution in [-0.4, -0.2) is 38.7 Å². The van der Waals surface area contributed by atoms with Gasteiger partial charge in [0.2, 0.25) is 5.75 Å². The number of nitrogens with one attached hydrogen (secondary N) is 2. The monoisotopic (exact) mass is 416 g/mol. The van der Waals surface area contributed by atoms with Gasteiger partial charge < -0.3 is 24.8 Å². The van der Waals surface area contributed by atoms with Crippen LogP contribution >= 0.6 is 11.8 Å². The van der Waals surface area contributed by atoms with Crippen molar-refractivity contribution >= 4 is 23.5 Å². The van der Waals surface area contributed by atoms with Crippen molar-refractivity contribution in [1.29, 1.82) is 0 Å². The van der Waals surface area contributed by atoms with Gasteiger partial charge in [-0.2, -0.15) is 0 Å². The molecule has 2 aromatic rings. The van der Waals surface area contributed by atoms with E-state index in [4.69, 9.17) is 14.2 Å². The van der Waals surface area contributed by atoms with Crippen LogP contribution in [0, 0.1) is 0 Å². The first kappa shape index (κ1) is 21.2. The van der Waals surface area contributed by atoms with E-state index in [0.29, 0.717) is 17.2 Å². The van der Waals surface area contributed by atoms with Crippen LogP contribution in [0.1, 0.15) is 25.7 Å². The normalized spacial score (nSPS) is 18.6. The van der Waals surface area contributed by atoms with Crippen LogP contribution in [0.3, 0.4) is 0 Å². The molecule has 0 spiro atoms. The lowest BCUT2D eigenvalue weighted by atomic mass is 9.93. The summed E-state index contributed by atoms with van der Waals surface area (Å²) in [6, 6.07) is 13.4. The maximum atomic E-state index is 12.4. The molecule has 1 aliphatic rings. The molecule has 0 heterocycles. The average Bonchev–Trinajstić information content (AvgIpc) is 2.75. The minimum atomic E-state index is -0.162. The molecule has 2 N–H and O–H groups in total. The van der Waals surface area contributed by atoms with Crippen molar-refractivity contribution in [2.24, 2.45) is 0 Å². The first-order chi connectivity index (χ1) is 14.1. The van der Waals surface area contributed by atoms with Gasteiger partial charge in [0.1, 0.15) is 0 Å². The van der Waals surface area contributed by atoms with Gasteiger partial charge in [-0.05, 0) is 56.2 Å². The molecule has 156 valence electrons. The van der Waals surface area contributed by atoms with Crippen LogP contribution in [0.2, 0.25) is 0 Å². The van der Waals surface area contributed by atoms with Gasteiger partial charge >= 0.3 is 6.03 Å². The van der Waals surface area contributed by atoms with Gasteiger partial charge in [-0.3, -0.25) is 0 Å². The molecule has 1 fully saturated rings. The van der Waals surface area contributed by atoms with Crippen LogP contribution in [0.5, 0.6) is 17.2 Å². The maximum absolute atomic E-state index is 12.4. The van der Waals surface area contributed by atoms with E-state index < -0.39 is 0 Å². The van der Waals surface area contributed by atoms with Crippen LogP contribution in [-0.2, 0) is 0 Å². The van der Waals surface area contributed by atoms with E-state index in [1.807, 2.05) is 48.7 Å². The second-order valence-electron chi connectivity index (χ2n) is 6.88. The number of amides is 2. The molecule has 0 radical (unpaired) electrons. The van der Waals surface area contributed by atoms with E-state index >= 15 is 0 Å². The minimum Gasteiger partial charge on any atom is -0.493 e. The third kappa shape index (κ3) is 5.50. The summed E-state index contributed by atoms with van der Waals surface area (Å²) in [6.07, 6.45) is 5.56. The zero-order valence-electron chi connectivity index (χ0n) is 17.1. The fourth-order valence-electron chi connectivity index (χ4n) is 3.55. The fraction of sp³-hybridized carbons (Fsp3) is 0.409. The third-order valence-electron chi connectivity index (χ3n) is 5.03. The topological polar surface area (TPSA) is 68.8 Å². The average molecular weight is 417 g/mol. The smallest absolute Gasteiger partial charge is 0.319 e. The van der Waals surface area contributed by atoms with Gasteiger partial charge in [-0.25, -0.2) is 4.79 Å². The second kappa shape index (κ2) is 10.3. The van der Waals surface area contributed by atoms with Gasteiger partial charge in [0.15, 0.2) is 11.5 Å². The number of anilines is 1. The zero-order chi connectivity index (χ0) is 20.6. The number of rotatable bonds is 7. The Labute approximate surface area is 176 Å². The van der Waals surface area contributed by atoms with Crippen LogP contribution in [0.25, 0.3) is 0 Å². The van der Waals surface area contributed by atoms with E-state index in [1.54, 1.807) is 26.0 Å². The molecule has 6 nitrogen and oxygen atoms in total. The van der Waals surface area contributed by atoms with Gasteiger partial charge in [0.25, 0.3) is 0 Å². The Morgan fingerprint density at radius 2 is 1.69 bits per heavy atom. The summed E-state index contributed by atoms with van der Waals surface area (Å²) in [6.45, 7) is 0. The van der Waals surface area contributed by atoms with Crippen molar-refractivity contribution in [1.82, 2.24) is 5.32 Å². The Balaban J connectivity index is 1.50. The van der Waals surface area contributed by atoms with Crippen molar-refractivity contribution in [3.05, 3.63) is 42.5 Å². The molecule has 0 aromatic heterocycles. The lowest BCUT2D eigenvalue weighted by Crippen LogP contribution is -2.41. The zero-order valence-corrected chi connectivity index (χ0v) is 17.9. The molecule has 29 heavy (non-hydrogen) atoms. The van der Waals surface area contributed by atoms with Gasteiger partial charge in [0, 0.05) is 10.9 Å². The van der Waals surface area contributed by atoms with Crippen molar-refractivity contribution in [3.63, 3.8) is 0 Å². The molecule has 1 aliphatic carbocycles. The molecule has 0 saturated heterocycles. The van der Waals surface area contributed by atoms with Crippen LogP contribution in [0.4, 0.5) is 10.5 Å². The summed E-state index contributed by atoms with van der Waals surface area (Å²) in [5, 5.41) is 6.04. The van der Waals surface area contributed by atoms with E-state index in [2.05, 4.69) is 10.6 Å². The maximum Gasteiger partial charge on any atom is 0.319 e. The first-order valence-corrected chi connectivity index (χ1v) is 10.9. The highest BCUT2D eigenvalue weighted by Crippen LogP contribution is 2.38. The largest absolute Gasteiger partial charge is 0.493 e. The molecule has 0 unspecified atom stereocenters. The number of hydrogen-bond donors (Lipinski definition) is 2. The van der Waals surface area contributed by atoms with E-state index in [-0.39, 0.29) is 18.2 Å². The standard InChI is InChI=1S/C22H28N2O4S/c1-26-18-8-6-9-19(21(18)27-2)28-16-13-11-15(12-14-16)23-22(25)24-17-7-4-5-10-20(17)29-3/h4-10,15-16H,11-14H2,1-3H3,(H2,23,24,25). The minimum absolute atomic E-state index is 0.0920. The van der Waals surface area contributed by atoms with Crippen molar-refractivity contribution < 1.29 is 19.0 Å². The highest BCUT2D eigenvalue weighted by molar-refractivity contribution is 7.98. The van der Waals surface area contributed by atoms with Gasteiger partial charge in [-0.1, -0.05) is 18.2 Å². The lowest BCUT2D eigenvalue weighted by Gasteiger charge is -2.30. The molecule has 1 saturated carbocycles. The fourth-order valence-corrected chi connectivity index (χ4v) is 4.10. The highest BCUT2D eigenvalue weighted by atomic mass is 32.2. The number of urea groups is 1. The van der Waals surface area contributed by atoms with E-state index in [1.165, 1.54) is 0 Å². The predicted octanol–water partition coefficient (Wildman–Crippen LogP) is 4.94. The number of para-hydroxylation sites is 2. The van der Waals surface area contributed by atoms with E-state index in [9.17, 15) is 4.79 Å². The SMILES string of the molecule is COc1cccc(OC2CCC(NC(=O)Nc3ccccc3SC)CC2)c1OC. The Bertz CT molecular complexity index is 822. The molecule has 2 amide bonds. The molecular formula is C22H28N2O4S. The molecule has 3 rings (SSSR count). The van der Waals surface area contributed by atoms with Crippen molar-refractivity contribution in [3.8, 4) is 17.2 Å². The summed E-state index contributed by atoms with van der Waals surface area (Å²) in [7, 11) is 3.22. The Kier molecular flexibility index (Phi) is 7.52. The Morgan fingerprint density at radius 1 is 0.966 bits per heavy atom. The van der Waals surface area contributed by atoms with Crippen molar-refractivity contribution in [2.45, 2.75) is 42.7 Å². The second-order valence-corrected chi connectivity index (χ2v) is 7.73. The highest BCUT2D eigenvalue weighted by Gasteiger charge is 2.25. The number of carbonyl (C=O) groups excluding carboxylic acids is 1. The summed E-state index contributed by atoms with van der Waals surface area (Å²) >= 11 is 1.61. The number of carbonyl (C=O) groups is 1.